The molecule has 0 saturated carbocycles. The topological polar surface area (TPSA) is 35.2 Å². The van der Waals surface area contributed by atoms with Gasteiger partial charge < -0.3 is 10.5 Å². The van der Waals surface area contributed by atoms with E-state index >= 15 is 0 Å². The molecule has 0 aliphatic carbocycles. The zero-order valence-corrected chi connectivity index (χ0v) is 12.2. The Bertz CT molecular complexity index is 655. The number of para-hydroxylation sites is 1. The number of aryl methyl sites for hydroxylation is 1. The van der Waals surface area contributed by atoms with E-state index in [-0.39, 0.29) is 11.2 Å². The Morgan fingerprint density at radius 2 is 2.05 bits per heavy atom. The third kappa shape index (κ3) is 2.54. The van der Waals surface area contributed by atoms with Crippen molar-refractivity contribution in [2.24, 2.45) is 5.73 Å². The van der Waals surface area contributed by atoms with E-state index in [9.17, 15) is 4.39 Å². The van der Waals surface area contributed by atoms with Crippen molar-refractivity contribution in [1.82, 2.24) is 0 Å². The van der Waals surface area contributed by atoms with Gasteiger partial charge in [0.05, 0.1) is 6.61 Å². The summed E-state index contributed by atoms with van der Waals surface area (Å²) in [5, 5.41) is 0. The van der Waals surface area contributed by atoms with Crippen LogP contribution in [-0.2, 0) is 11.8 Å². The number of halogens is 1. The Hall–Kier alpha value is -1.87. The fraction of sp³-hybridized carbons (Fsp3) is 0.333. The molecule has 0 amide bonds. The molecular weight excluding hydrogens is 265 g/mol. The van der Waals surface area contributed by atoms with Gasteiger partial charge in [-0.25, -0.2) is 4.39 Å². The standard InChI is InChI=1S/C18H20FNO/c1-13-6-7-15(19)10-14(13)11-18(12-20)8-9-21-17-5-3-2-4-16(17)18/h2-7,10H,8-9,11-12,20H2,1H3. The summed E-state index contributed by atoms with van der Waals surface area (Å²) in [5.41, 5.74) is 9.24. The van der Waals surface area contributed by atoms with Gasteiger partial charge in [0.1, 0.15) is 11.6 Å². The third-order valence-electron chi connectivity index (χ3n) is 4.53. The number of nitrogens with two attached hydrogens (primary N) is 1. The van der Waals surface area contributed by atoms with Crippen LogP contribution in [0.15, 0.2) is 42.5 Å². The first kappa shape index (κ1) is 14.1. The van der Waals surface area contributed by atoms with Gasteiger partial charge in [0.25, 0.3) is 0 Å². The van der Waals surface area contributed by atoms with Gasteiger partial charge in [0, 0.05) is 17.5 Å². The maximum atomic E-state index is 13.6. The number of hydrogen-bond acceptors (Lipinski definition) is 2. The summed E-state index contributed by atoms with van der Waals surface area (Å²) in [6.45, 7) is 3.20. The SMILES string of the molecule is Cc1ccc(F)cc1CC1(CN)CCOc2ccccc21. The summed E-state index contributed by atoms with van der Waals surface area (Å²) in [6, 6.07) is 13.0. The molecule has 2 aromatic carbocycles. The Labute approximate surface area is 124 Å². The summed E-state index contributed by atoms with van der Waals surface area (Å²) in [7, 11) is 0. The highest BCUT2D eigenvalue weighted by molar-refractivity contribution is 5.44. The van der Waals surface area contributed by atoms with E-state index < -0.39 is 0 Å². The first-order valence-electron chi connectivity index (χ1n) is 7.32. The molecular formula is C18H20FNO. The minimum absolute atomic E-state index is 0.173. The molecule has 110 valence electrons. The molecule has 2 nitrogen and oxygen atoms in total. The molecule has 1 atom stereocenters. The fourth-order valence-corrected chi connectivity index (χ4v) is 3.18. The van der Waals surface area contributed by atoms with Gasteiger partial charge in [0.2, 0.25) is 0 Å². The van der Waals surface area contributed by atoms with E-state index in [1.54, 1.807) is 6.07 Å². The Morgan fingerprint density at radius 1 is 1.24 bits per heavy atom. The molecule has 0 aromatic heterocycles. The maximum Gasteiger partial charge on any atom is 0.123 e. The number of hydrogen-bond donors (Lipinski definition) is 1. The molecule has 0 fully saturated rings. The van der Waals surface area contributed by atoms with Crippen molar-refractivity contribution in [2.75, 3.05) is 13.2 Å². The van der Waals surface area contributed by atoms with Crippen LogP contribution in [-0.4, -0.2) is 13.2 Å². The molecule has 0 radical (unpaired) electrons. The average molecular weight is 285 g/mol. The third-order valence-corrected chi connectivity index (χ3v) is 4.53. The molecule has 2 N–H and O–H groups in total. The summed E-state index contributed by atoms with van der Waals surface area (Å²) >= 11 is 0. The van der Waals surface area contributed by atoms with Crippen LogP contribution in [0, 0.1) is 12.7 Å². The number of ether oxygens (including phenoxy) is 1. The van der Waals surface area contributed by atoms with Gasteiger partial charge in [-0.1, -0.05) is 24.3 Å². The highest BCUT2D eigenvalue weighted by atomic mass is 19.1. The van der Waals surface area contributed by atoms with Crippen LogP contribution in [0.2, 0.25) is 0 Å². The van der Waals surface area contributed by atoms with E-state index in [1.807, 2.05) is 31.2 Å². The molecule has 0 spiro atoms. The second kappa shape index (κ2) is 5.49. The lowest BCUT2D eigenvalue weighted by Gasteiger charge is -2.38. The minimum Gasteiger partial charge on any atom is -0.493 e. The second-order valence-corrected chi connectivity index (χ2v) is 5.83. The van der Waals surface area contributed by atoms with Gasteiger partial charge in [-0.05, 0) is 49.1 Å². The second-order valence-electron chi connectivity index (χ2n) is 5.83. The Balaban J connectivity index is 2.04. The van der Waals surface area contributed by atoms with Crippen molar-refractivity contribution < 1.29 is 9.13 Å². The summed E-state index contributed by atoms with van der Waals surface area (Å²) < 4.78 is 19.3. The molecule has 1 unspecified atom stereocenters. The van der Waals surface area contributed by atoms with Crippen molar-refractivity contribution in [3.8, 4) is 5.75 Å². The van der Waals surface area contributed by atoms with E-state index in [0.717, 1.165) is 35.3 Å². The highest BCUT2D eigenvalue weighted by Crippen LogP contribution is 2.40. The van der Waals surface area contributed by atoms with E-state index in [4.69, 9.17) is 10.5 Å². The van der Waals surface area contributed by atoms with Crippen molar-refractivity contribution in [3.63, 3.8) is 0 Å². The number of benzene rings is 2. The number of rotatable bonds is 3. The summed E-state index contributed by atoms with van der Waals surface area (Å²) in [4.78, 5) is 0. The monoisotopic (exact) mass is 285 g/mol. The molecule has 3 heteroatoms. The van der Waals surface area contributed by atoms with Gasteiger partial charge >= 0.3 is 0 Å². The molecule has 0 saturated heterocycles. The molecule has 1 aliphatic heterocycles. The van der Waals surface area contributed by atoms with Gasteiger partial charge in [0.15, 0.2) is 0 Å². The molecule has 21 heavy (non-hydrogen) atoms. The zero-order chi connectivity index (χ0) is 14.9. The van der Waals surface area contributed by atoms with Crippen LogP contribution in [0.3, 0.4) is 0 Å². The fourth-order valence-electron chi connectivity index (χ4n) is 3.18. The van der Waals surface area contributed by atoms with Crippen LogP contribution < -0.4 is 10.5 Å². The molecule has 0 bridgehead atoms. The van der Waals surface area contributed by atoms with Gasteiger partial charge in [-0.3, -0.25) is 0 Å². The van der Waals surface area contributed by atoms with Crippen LogP contribution >= 0.6 is 0 Å². The van der Waals surface area contributed by atoms with Crippen molar-refractivity contribution in [1.29, 1.82) is 0 Å². The first-order valence-corrected chi connectivity index (χ1v) is 7.32. The largest absolute Gasteiger partial charge is 0.493 e. The molecule has 1 aliphatic rings. The van der Waals surface area contributed by atoms with Crippen LogP contribution in [0.5, 0.6) is 5.75 Å². The first-order chi connectivity index (χ1) is 10.1. The normalized spacial score (nSPS) is 20.7. The Kier molecular flexibility index (Phi) is 3.68. The summed E-state index contributed by atoms with van der Waals surface area (Å²) in [6.07, 6.45) is 1.60. The van der Waals surface area contributed by atoms with E-state index in [2.05, 4.69) is 6.07 Å². The lowest BCUT2D eigenvalue weighted by atomic mass is 9.71. The van der Waals surface area contributed by atoms with Crippen LogP contribution in [0.25, 0.3) is 0 Å². The molecule has 1 heterocycles. The molecule has 2 aromatic rings. The predicted octanol–water partition coefficient (Wildman–Crippen LogP) is 3.36. The lowest BCUT2D eigenvalue weighted by Crippen LogP contribution is -2.42. The van der Waals surface area contributed by atoms with Crippen molar-refractivity contribution in [3.05, 3.63) is 65.0 Å². The van der Waals surface area contributed by atoms with Crippen molar-refractivity contribution >= 4 is 0 Å². The van der Waals surface area contributed by atoms with Crippen LogP contribution in [0.1, 0.15) is 23.1 Å². The minimum atomic E-state index is -0.192. The highest BCUT2D eigenvalue weighted by Gasteiger charge is 2.36. The zero-order valence-electron chi connectivity index (χ0n) is 12.2. The Morgan fingerprint density at radius 3 is 2.86 bits per heavy atom. The van der Waals surface area contributed by atoms with E-state index in [1.165, 1.54) is 6.07 Å². The van der Waals surface area contributed by atoms with Gasteiger partial charge in [-0.15, -0.1) is 0 Å². The van der Waals surface area contributed by atoms with Crippen molar-refractivity contribution in [2.45, 2.75) is 25.2 Å². The smallest absolute Gasteiger partial charge is 0.123 e. The number of fused-ring (bicyclic) bond motifs is 1. The summed E-state index contributed by atoms with van der Waals surface area (Å²) in [5.74, 6) is 0.714. The predicted molar refractivity (Wildman–Crippen MR) is 82.1 cm³/mol. The lowest BCUT2D eigenvalue weighted by molar-refractivity contribution is 0.215. The van der Waals surface area contributed by atoms with Crippen LogP contribution in [0.4, 0.5) is 4.39 Å². The van der Waals surface area contributed by atoms with Gasteiger partial charge in [-0.2, -0.15) is 0 Å². The maximum absolute atomic E-state index is 13.6. The molecule has 3 rings (SSSR count). The quantitative estimate of drug-likeness (QED) is 0.938. The van der Waals surface area contributed by atoms with E-state index in [0.29, 0.717) is 13.2 Å². The average Bonchev–Trinajstić information content (AvgIpc) is 2.51.